The average Bonchev–Trinajstić information content (AvgIpc) is 3.03. The highest BCUT2D eigenvalue weighted by Gasteiger charge is 2.19. The van der Waals surface area contributed by atoms with Gasteiger partial charge in [0, 0.05) is 50.5 Å². The van der Waals surface area contributed by atoms with Crippen LogP contribution in [0.1, 0.15) is 23.1 Å². The Morgan fingerprint density at radius 3 is 2.43 bits per heavy atom. The standard InChI is InChI=1S/C22H26N4O2/c1-16(27)17-4-6-18(7-5-17)26-12-10-25(11-13-26)15-22-23-20-14-19(28-3)8-9-21(20)24(22)2/h4-9,14H,10-13,15H2,1-3H3. The zero-order valence-corrected chi connectivity index (χ0v) is 16.7. The number of ketones is 1. The predicted molar refractivity (Wildman–Crippen MR) is 111 cm³/mol. The van der Waals surface area contributed by atoms with Gasteiger partial charge in [-0.15, -0.1) is 0 Å². The number of Topliss-reactive ketones (excluding diaryl/α,β-unsaturated/α-hetero) is 1. The van der Waals surface area contributed by atoms with Crippen molar-refractivity contribution in [1.82, 2.24) is 14.5 Å². The zero-order chi connectivity index (χ0) is 19.7. The fourth-order valence-electron chi connectivity index (χ4n) is 3.77. The Bertz CT molecular complexity index is 986. The topological polar surface area (TPSA) is 50.6 Å². The summed E-state index contributed by atoms with van der Waals surface area (Å²) >= 11 is 0. The summed E-state index contributed by atoms with van der Waals surface area (Å²) in [6.45, 7) is 6.35. The molecular weight excluding hydrogens is 352 g/mol. The lowest BCUT2D eigenvalue weighted by atomic mass is 10.1. The fraction of sp³-hybridized carbons (Fsp3) is 0.364. The summed E-state index contributed by atoms with van der Waals surface area (Å²) < 4.78 is 7.48. The lowest BCUT2D eigenvalue weighted by Crippen LogP contribution is -2.46. The first-order valence-electron chi connectivity index (χ1n) is 9.63. The predicted octanol–water partition coefficient (Wildman–Crippen LogP) is 3.11. The average molecular weight is 378 g/mol. The molecule has 0 amide bonds. The van der Waals surface area contributed by atoms with E-state index in [0.717, 1.165) is 60.9 Å². The molecule has 146 valence electrons. The first kappa shape index (κ1) is 18.5. The number of methoxy groups -OCH3 is 1. The summed E-state index contributed by atoms with van der Waals surface area (Å²) in [7, 11) is 3.75. The van der Waals surface area contributed by atoms with Crippen molar-refractivity contribution >= 4 is 22.5 Å². The summed E-state index contributed by atoms with van der Waals surface area (Å²) in [5, 5.41) is 0. The summed E-state index contributed by atoms with van der Waals surface area (Å²) in [4.78, 5) is 21.1. The van der Waals surface area contributed by atoms with Crippen molar-refractivity contribution in [3.05, 3.63) is 53.9 Å². The van der Waals surface area contributed by atoms with Crippen molar-refractivity contribution in [3.63, 3.8) is 0 Å². The van der Waals surface area contributed by atoms with E-state index in [1.165, 1.54) is 5.69 Å². The Balaban J connectivity index is 1.41. The SMILES string of the molecule is COc1ccc2c(c1)nc(CN1CCN(c3ccc(C(C)=O)cc3)CC1)n2C. The van der Waals surface area contributed by atoms with E-state index in [9.17, 15) is 4.79 Å². The second-order valence-corrected chi connectivity index (χ2v) is 7.31. The highest BCUT2D eigenvalue weighted by atomic mass is 16.5. The summed E-state index contributed by atoms with van der Waals surface area (Å²) in [6, 6.07) is 13.9. The number of rotatable bonds is 5. The minimum atomic E-state index is 0.108. The van der Waals surface area contributed by atoms with Gasteiger partial charge in [-0.1, -0.05) is 0 Å². The highest BCUT2D eigenvalue weighted by Crippen LogP contribution is 2.23. The molecule has 1 aliphatic heterocycles. The Labute approximate surface area is 165 Å². The maximum absolute atomic E-state index is 11.4. The van der Waals surface area contributed by atoms with Gasteiger partial charge in [0.15, 0.2) is 5.78 Å². The van der Waals surface area contributed by atoms with Crippen LogP contribution in [0, 0.1) is 0 Å². The number of ether oxygens (including phenoxy) is 1. The molecule has 0 bridgehead atoms. The van der Waals surface area contributed by atoms with Crippen molar-refractivity contribution in [2.45, 2.75) is 13.5 Å². The zero-order valence-electron chi connectivity index (χ0n) is 16.7. The number of hydrogen-bond donors (Lipinski definition) is 0. The van der Waals surface area contributed by atoms with E-state index in [4.69, 9.17) is 9.72 Å². The molecule has 0 aliphatic carbocycles. The summed E-state index contributed by atoms with van der Waals surface area (Å²) in [6.07, 6.45) is 0. The number of piperazine rings is 1. The van der Waals surface area contributed by atoms with Crippen LogP contribution in [0.25, 0.3) is 11.0 Å². The summed E-state index contributed by atoms with van der Waals surface area (Å²) in [5.41, 5.74) is 4.04. The number of carbonyl (C=O) groups is 1. The second kappa shape index (κ2) is 7.64. The van der Waals surface area contributed by atoms with Crippen LogP contribution in [-0.2, 0) is 13.6 Å². The van der Waals surface area contributed by atoms with Gasteiger partial charge in [0.05, 0.1) is 24.7 Å². The maximum Gasteiger partial charge on any atom is 0.159 e. The minimum absolute atomic E-state index is 0.108. The molecule has 0 radical (unpaired) electrons. The molecule has 1 aromatic heterocycles. The van der Waals surface area contributed by atoms with E-state index in [-0.39, 0.29) is 5.78 Å². The number of benzene rings is 2. The van der Waals surface area contributed by atoms with Gasteiger partial charge in [-0.25, -0.2) is 4.98 Å². The molecule has 0 saturated carbocycles. The van der Waals surface area contributed by atoms with Crippen LogP contribution < -0.4 is 9.64 Å². The van der Waals surface area contributed by atoms with Gasteiger partial charge in [0.1, 0.15) is 11.6 Å². The van der Waals surface area contributed by atoms with Crippen molar-refractivity contribution in [2.75, 3.05) is 38.2 Å². The van der Waals surface area contributed by atoms with Crippen LogP contribution in [0.3, 0.4) is 0 Å². The molecule has 4 rings (SSSR count). The van der Waals surface area contributed by atoms with Gasteiger partial charge in [0.25, 0.3) is 0 Å². The van der Waals surface area contributed by atoms with E-state index in [0.29, 0.717) is 0 Å². The Morgan fingerprint density at radius 1 is 1.07 bits per heavy atom. The fourth-order valence-corrected chi connectivity index (χ4v) is 3.77. The van der Waals surface area contributed by atoms with E-state index in [1.807, 2.05) is 36.4 Å². The van der Waals surface area contributed by atoms with Crippen molar-refractivity contribution in [2.24, 2.45) is 7.05 Å². The van der Waals surface area contributed by atoms with Crippen LogP contribution in [0.2, 0.25) is 0 Å². The number of aromatic nitrogens is 2. The highest BCUT2D eigenvalue weighted by molar-refractivity contribution is 5.94. The van der Waals surface area contributed by atoms with Gasteiger partial charge in [0.2, 0.25) is 0 Å². The number of hydrogen-bond acceptors (Lipinski definition) is 5. The Kier molecular flexibility index (Phi) is 5.05. The van der Waals surface area contributed by atoms with Gasteiger partial charge < -0.3 is 14.2 Å². The molecule has 0 unspecified atom stereocenters. The first-order chi connectivity index (χ1) is 13.5. The van der Waals surface area contributed by atoms with Crippen LogP contribution in [0.5, 0.6) is 5.75 Å². The first-order valence-corrected chi connectivity index (χ1v) is 9.63. The van der Waals surface area contributed by atoms with E-state index >= 15 is 0 Å². The number of anilines is 1. The second-order valence-electron chi connectivity index (χ2n) is 7.31. The minimum Gasteiger partial charge on any atom is -0.497 e. The number of imidazole rings is 1. The Hall–Kier alpha value is -2.86. The molecule has 0 spiro atoms. The molecule has 1 fully saturated rings. The Morgan fingerprint density at radius 2 is 1.79 bits per heavy atom. The normalized spacial score (nSPS) is 15.2. The van der Waals surface area contributed by atoms with E-state index < -0.39 is 0 Å². The monoisotopic (exact) mass is 378 g/mol. The molecule has 0 N–H and O–H groups in total. The van der Waals surface area contributed by atoms with Gasteiger partial charge in [-0.05, 0) is 43.3 Å². The number of aryl methyl sites for hydroxylation is 1. The van der Waals surface area contributed by atoms with Crippen LogP contribution in [0.4, 0.5) is 5.69 Å². The molecule has 2 heterocycles. The number of nitrogens with zero attached hydrogens (tertiary/aromatic N) is 4. The van der Waals surface area contributed by atoms with Gasteiger partial charge >= 0.3 is 0 Å². The third-order valence-electron chi connectivity index (χ3n) is 5.56. The quantitative estimate of drug-likeness (QED) is 0.639. The lowest BCUT2D eigenvalue weighted by molar-refractivity contribution is 0.101. The summed E-state index contributed by atoms with van der Waals surface area (Å²) in [5.74, 6) is 2.01. The smallest absolute Gasteiger partial charge is 0.159 e. The van der Waals surface area contributed by atoms with E-state index in [1.54, 1.807) is 14.0 Å². The molecule has 1 aliphatic rings. The van der Waals surface area contributed by atoms with Gasteiger partial charge in [-0.3, -0.25) is 9.69 Å². The van der Waals surface area contributed by atoms with Gasteiger partial charge in [-0.2, -0.15) is 0 Å². The molecule has 28 heavy (non-hydrogen) atoms. The van der Waals surface area contributed by atoms with Crippen molar-refractivity contribution < 1.29 is 9.53 Å². The third kappa shape index (κ3) is 3.60. The molecule has 2 aromatic carbocycles. The van der Waals surface area contributed by atoms with Crippen LogP contribution in [0.15, 0.2) is 42.5 Å². The molecule has 1 saturated heterocycles. The molecule has 3 aromatic rings. The lowest BCUT2D eigenvalue weighted by Gasteiger charge is -2.36. The van der Waals surface area contributed by atoms with Crippen molar-refractivity contribution in [3.8, 4) is 5.75 Å². The van der Waals surface area contributed by atoms with Crippen LogP contribution in [-0.4, -0.2) is 53.5 Å². The largest absolute Gasteiger partial charge is 0.497 e. The van der Waals surface area contributed by atoms with Crippen molar-refractivity contribution in [1.29, 1.82) is 0 Å². The molecule has 6 heteroatoms. The number of fused-ring (bicyclic) bond motifs is 1. The molecule has 0 atom stereocenters. The van der Waals surface area contributed by atoms with Crippen LogP contribution >= 0.6 is 0 Å². The molecule has 6 nitrogen and oxygen atoms in total. The maximum atomic E-state index is 11.4. The van der Waals surface area contributed by atoms with E-state index in [2.05, 4.69) is 27.5 Å². The molecular formula is C22H26N4O2. The third-order valence-corrected chi connectivity index (χ3v) is 5.56. The number of carbonyl (C=O) groups excluding carboxylic acids is 1.